The molecule has 0 aliphatic heterocycles. The quantitative estimate of drug-likeness (QED) is 0.370. The monoisotopic (exact) mass is 390 g/mol. The highest BCUT2D eigenvalue weighted by molar-refractivity contribution is 6.02. The Balaban J connectivity index is 1.68. The number of nitro benzene ring substituents is 1. The van der Waals surface area contributed by atoms with Crippen LogP contribution in [0.2, 0.25) is 0 Å². The van der Waals surface area contributed by atoms with Crippen LogP contribution in [-0.4, -0.2) is 27.4 Å². The molecule has 0 saturated heterocycles. The summed E-state index contributed by atoms with van der Waals surface area (Å²) in [5, 5.41) is 13.7. The fraction of sp³-hybridized carbons (Fsp3) is 0.0952. The average Bonchev–Trinajstić information content (AvgIpc) is 2.74. The second-order valence-electron chi connectivity index (χ2n) is 5.90. The van der Waals surface area contributed by atoms with E-state index in [0.29, 0.717) is 35.0 Å². The molecule has 146 valence electrons. The second kappa shape index (κ2) is 9.23. The van der Waals surface area contributed by atoms with E-state index >= 15 is 0 Å². The number of nitrogens with one attached hydrogen (secondary N) is 1. The maximum atomic E-state index is 12.2. The van der Waals surface area contributed by atoms with Gasteiger partial charge in [-0.1, -0.05) is 24.3 Å². The smallest absolute Gasteiger partial charge is 0.270 e. The van der Waals surface area contributed by atoms with E-state index in [1.807, 2.05) is 19.1 Å². The van der Waals surface area contributed by atoms with Crippen LogP contribution >= 0.6 is 0 Å². The maximum absolute atomic E-state index is 12.2. The van der Waals surface area contributed by atoms with Gasteiger partial charge in [0.05, 0.1) is 17.2 Å². The third kappa shape index (κ3) is 5.23. The number of non-ortho nitro benzene ring substituents is 1. The van der Waals surface area contributed by atoms with Crippen molar-refractivity contribution in [2.45, 2.75) is 6.92 Å². The van der Waals surface area contributed by atoms with Gasteiger partial charge in [0.25, 0.3) is 5.69 Å². The minimum Gasteiger partial charge on any atom is -0.492 e. The van der Waals surface area contributed by atoms with E-state index in [1.165, 1.54) is 18.2 Å². The van der Waals surface area contributed by atoms with Crippen LogP contribution in [0, 0.1) is 10.1 Å². The van der Waals surface area contributed by atoms with Gasteiger partial charge in [0.2, 0.25) is 5.91 Å². The number of carbonyl (C=O) groups excluding carboxylic acids is 1. The molecule has 0 aliphatic rings. The summed E-state index contributed by atoms with van der Waals surface area (Å²) in [6, 6.07) is 13.3. The molecule has 0 spiro atoms. The molecule has 0 bridgehead atoms. The summed E-state index contributed by atoms with van der Waals surface area (Å²) in [6.07, 6.45) is 6.03. The van der Waals surface area contributed by atoms with Crippen LogP contribution in [-0.2, 0) is 4.79 Å². The number of hydrogen-bond donors (Lipinski definition) is 1. The lowest BCUT2D eigenvalue weighted by atomic mass is 10.2. The molecule has 3 rings (SSSR count). The van der Waals surface area contributed by atoms with Gasteiger partial charge in [0.15, 0.2) is 5.82 Å². The number of benzene rings is 2. The molecule has 1 N–H and O–H groups in total. The summed E-state index contributed by atoms with van der Waals surface area (Å²) in [6.45, 7) is 2.37. The third-order valence-electron chi connectivity index (χ3n) is 3.86. The van der Waals surface area contributed by atoms with Crippen molar-refractivity contribution in [3.05, 3.63) is 82.7 Å². The minimum absolute atomic E-state index is 0.0286. The average molecular weight is 390 g/mol. The molecule has 0 unspecified atom stereocenters. The molecule has 29 heavy (non-hydrogen) atoms. The largest absolute Gasteiger partial charge is 0.492 e. The Hall–Kier alpha value is -4.07. The zero-order valence-electron chi connectivity index (χ0n) is 15.6. The van der Waals surface area contributed by atoms with Crippen LogP contribution in [0.5, 0.6) is 5.75 Å². The molecule has 0 aliphatic carbocycles. The minimum atomic E-state index is -0.469. The van der Waals surface area contributed by atoms with Crippen LogP contribution in [0.15, 0.2) is 67.0 Å². The fourth-order valence-electron chi connectivity index (χ4n) is 2.53. The van der Waals surface area contributed by atoms with E-state index in [0.717, 1.165) is 0 Å². The summed E-state index contributed by atoms with van der Waals surface area (Å²) in [4.78, 5) is 31.0. The van der Waals surface area contributed by atoms with Gasteiger partial charge >= 0.3 is 0 Å². The Morgan fingerprint density at radius 3 is 2.66 bits per heavy atom. The van der Waals surface area contributed by atoms with E-state index in [2.05, 4.69) is 15.3 Å². The Kier molecular flexibility index (Phi) is 6.26. The van der Waals surface area contributed by atoms with Crippen molar-refractivity contribution >= 4 is 23.4 Å². The fourth-order valence-corrected chi connectivity index (χ4v) is 2.53. The van der Waals surface area contributed by atoms with Crippen molar-refractivity contribution in [3.8, 4) is 17.1 Å². The number of para-hydroxylation sites is 2. The number of nitrogens with zero attached hydrogens (tertiary/aromatic N) is 3. The van der Waals surface area contributed by atoms with Gasteiger partial charge in [-0.3, -0.25) is 14.9 Å². The van der Waals surface area contributed by atoms with Gasteiger partial charge in [0.1, 0.15) is 5.75 Å². The van der Waals surface area contributed by atoms with E-state index in [4.69, 9.17) is 4.74 Å². The van der Waals surface area contributed by atoms with Gasteiger partial charge < -0.3 is 10.1 Å². The van der Waals surface area contributed by atoms with Crippen molar-refractivity contribution in [1.29, 1.82) is 0 Å². The first-order chi connectivity index (χ1) is 14.1. The molecule has 8 heteroatoms. The lowest BCUT2D eigenvalue weighted by molar-refractivity contribution is -0.384. The first kappa shape index (κ1) is 19.7. The van der Waals surface area contributed by atoms with Gasteiger partial charge in [0, 0.05) is 41.7 Å². The number of anilines is 1. The van der Waals surface area contributed by atoms with Gasteiger partial charge in [-0.25, -0.2) is 9.97 Å². The van der Waals surface area contributed by atoms with Crippen molar-refractivity contribution in [2.24, 2.45) is 0 Å². The normalized spacial score (nSPS) is 10.7. The molecule has 3 aromatic rings. The predicted molar refractivity (Wildman–Crippen MR) is 109 cm³/mol. The first-order valence-corrected chi connectivity index (χ1v) is 8.84. The Morgan fingerprint density at radius 2 is 1.93 bits per heavy atom. The Labute approximate surface area is 167 Å². The topological polar surface area (TPSA) is 107 Å². The second-order valence-corrected chi connectivity index (χ2v) is 5.90. The zero-order chi connectivity index (χ0) is 20.6. The molecule has 1 heterocycles. The molecular weight excluding hydrogens is 372 g/mol. The number of amides is 1. The molecule has 2 aromatic carbocycles. The summed E-state index contributed by atoms with van der Waals surface area (Å²) in [7, 11) is 0. The standard InChI is InChI=1S/C21H18N4O4/c1-2-29-19-9-4-3-8-18(19)24-20(26)11-10-15-13-22-21(23-14-15)16-6-5-7-17(12-16)25(27)28/h3-14H,2H2,1H3,(H,24,26)/b11-10+. The van der Waals surface area contributed by atoms with Crippen LogP contribution in [0.4, 0.5) is 11.4 Å². The number of aromatic nitrogens is 2. The molecule has 0 radical (unpaired) electrons. The van der Waals surface area contributed by atoms with Crippen LogP contribution in [0.1, 0.15) is 12.5 Å². The summed E-state index contributed by atoms with van der Waals surface area (Å²) < 4.78 is 5.48. The van der Waals surface area contributed by atoms with E-state index in [-0.39, 0.29) is 11.6 Å². The van der Waals surface area contributed by atoms with Crippen LogP contribution < -0.4 is 10.1 Å². The summed E-state index contributed by atoms with van der Waals surface area (Å²) in [5.74, 6) is 0.641. The highest BCUT2D eigenvalue weighted by Gasteiger charge is 2.09. The van der Waals surface area contributed by atoms with Crippen LogP contribution in [0.25, 0.3) is 17.5 Å². The van der Waals surface area contributed by atoms with Gasteiger partial charge in [-0.15, -0.1) is 0 Å². The molecule has 0 atom stereocenters. The Bertz CT molecular complexity index is 1050. The van der Waals surface area contributed by atoms with E-state index < -0.39 is 4.92 Å². The van der Waals surface area contributed by atoms with Crippen molar-refractivity contribution in [2.75, 3.05) is 11.9 Å². The maximum Gasteiger partial charge on any atom is 0.270 e. The molecule has 1 amide bonds. The highest BCUT2D eigenvalue weighted by Crippen LogP contribution is 2.24. The lowest BCUT2D eigenvalue weighted by Crippen LogP contribution is -2.09. The highest BCUT2D eigenvalue weighted by atomic mass is 16.6. The predicted octanol–water partition coefficient (Wildman–Crippen LogP) is 4.10. The van der Waals surface area contributed by atoms with Gasteiger partial charge in [-0.05, 0) is 25.1 Å². The van der Waals surface area contributed by atoms with Crippen molar-refractivity contribution < 1.29 is 14.5 Å². The number of nitro groups is 1. The Morgan fingerprint density at radius 1 is 1.17 bits per heavy atom. The SMILES string of the molecule is CCOc1ccccc1NC(=O)/C=C/c1cnc(-c2cccc([N+](=O)[O-])c2)nc1. The van der Waals surface area contributed by atoms with Crippen molar-refractivity contribution in [1.82, 2.24) is 9.97 Å². The molecular formula is C21H18N4O4. The molecule has 0 fully saturated rings. The number of hydrogen-bond acceptors (Lipinski definition) is 6. The molecule has 8 nitrogen and oxygen atoms in total. The van der Waals surface area contributed by atoms with Crippen LogP contribution in [0.3, 0.4) is 0 Å². The lowest BCUT2D eigenvalue weighted by Gasteiger charge is -2.09. The summed E-state index contributed by atoms with van der Waals surface area (Å²) in [5.41, 5.74) is 1.72. The molecule has 0 saturated carbocycles. The number of carbonyl (C=O) groups is 1. The van der Waals surface area contributed by atoms with E-state index in [1.54, 1.807) is 42.7 Å². The summed E-state index contributed by atoms with van der Waals surface area (Å²) >= 11 is 0. The number of ether oxygens (including phenoxy) is 1. The zero-order valence-corrected chi connectivity index (χ0v) is 15.6. The third-order valence-corrected chi connectivity index (χ3v) is 3.86. The van der Waals surface area contributed by atoms with Crippen molar-refractivity contribution in [3.63, 3.8) is 0 Å². The van der Waals surface area contributed by atoms with E-state index in [9.17, 15) is 14.9 Å². The van der Waals surface area contributed by atoms with Gasteiger partial charge in [-0.2, -0.15) is 0 Å². The first-order valence-electron chi connectivity index (χ1n) is 8.84. The number of rotatable bonds is 7. The molecule has 1 aromatic heterocycles.